The van der Waals surface area contributed by atoms with Crippen molar-refractivity contribution >= 4 is 22.2 Å². The molecule has 106 valence electrons. The minimum Gasteiger partial charge on any atom is -0.508 e. The number of rotatable bonds is 4. The Kier molecular flexibility index (Phi) is 3.75. The van der Waals surface area contributed by atoms with Crippen LogP contribution in [0.1, 0.15) is 0 Å². The summed E-state index contributed by atoms with van der Waals surface area (Å²) in [4.78, 5) is 4.56. The maximum absolute atomic E-state index is 9.47. The lowest BCUT2D eigenvalue weighted by atomic mass is 10.1. The first kappa shape index (κ1) is 13.5. The van der Waals surface area contributed by atoms with E-state index in [9.17, 15) is 5.11 Å². The molecule has 1 aromatic heterocycles. The van der Waals surface area contributed by atoms with E-state index in [4.69, 9.17) is 4.74 Å². The number of para-hydroxylation sites is 1. The Morgan fingerprint density at radius 3 is 2.81 bits per heavy atom. The highest BCUT2D eigenvalue weighted by molar-refractivity contribution is 7.14. The van der Waals surface area contributed by atoms with E-state index in [1.807, 2.05) is 35.7 Å². The summed E-state index contributed by atoms with van der Waals surface area (Å²) in [6.45, 7) is 0. The number of hydrogen-bond donors (Lipinski definition) is 2. The van der Waals surface area contributed by atoms with Crippen molar-refractivity contribution in [2.75, 3.05) is 12.4 Å². The largest absolute Gasteiger partial charge is 0.508 e. The molecular weight excluding hydrogens is 284 g/mol. The Hall–Kier alpha value is -2.53. The predicted molar refractivity (Wildman–Crippen MR) is 85.5 cm³/mol. The van der Waals surface area contributed by atoms with Gasteiger partial charge in [0.1, 0.15) is 11.5 Å². The molecule has 0 saturated carbocycles. The number of hydrogen-bond acceptors (Lipinski definition) is 5. The van der Waals surface area contributed by atoms with E-state index in [1.54, 1.807) is 25.3 Å². The van der Waals surface area contributed by atoms with Crippen LogP contribution in [0.4, 0.5) is 10.8 Å². The molecular formula is C16H14N2O2S. The van der Waals surface area contributed by atoms with Crippen molar-refractivity contribution < 1.29 is 9.84 Å². The van der Waals surface area contributed by atoms with E-state index in [1.165, 1.54) is 11.3 Å². The van der Waals surface area contributed by atoms with Crippen LogP contribution in [0.5, 0.6) is 11.5 Å². The van der Waals surface area contributed by atoms with Crippen molar-refractivity contribution in [3.63, 3.8) is 0 Å². The van der Waals surface area contributed by atoms with Gasteiger partial charge in [0.2, 0.25) is 0 Å². The average molecular weight is 298 g/mol. The summed E-state index contributed by atoms with van der Waals surface area (Å²) in [7, 11) is 1.65. The van der Waals surface area contributed by atoms with Gasteiger partial charge in [-0.15, -0.1) is 11.3 Å². The fourth-order valence-electron chi connectivity index (χ4n) is 2.02. The molecule has 0 fully saturated rings. The van der Waals surface area contributed by atoms with Gasteiger partial charge in [-0.1, -0.05) is 18.2 Å². The van der Waals surface area contributed by atoms with Gasteiger partial charge in [-0.2, -0.15) is 0 Å². The summed E-state index contributed by atoms with van der Waals surface area (Å²) in [5.74, 6) is 1.02. The fraction of sp³-hybridized carbons (Fsp3) is 0.0625. The number of aromatic hydroxyl groups is 1. The number of thiazole rings is 1. The summed E-state index contributed by atoms with van der Waals surface area (Å²) in [6, 6.07) is 14.7. The van der Waals surface area contributed by atoms with Crippen molar-refractivity contribution in [3.05, 3.63) is 53.9 Å². The van der Waals surface area contributed by atoms with Crippen LogP contribution < -0.4 is 10.1 Å². The number of methoxy groups -OCH3 is 1. The first-order chi connectivity index (χ1) is 10.3. The van der Waals surface area contributed by atoms with E-state index in [2.05, 4.69) is 10.3 Å². The standard InChI is InChI=1S/C16H14N2O2S/c1-20-15-8-3-2-7-13(15)14-10-21-16(18-14)17-11-5-4-6-12(19)9-11/h2-10,19H,1H3,(H,17,18). The van der Waals surface area contributed by atoms with Gasteiger partial charge < -0.3 is 15.2 Å². The van der Waals surface area contributed by atoms with Gasteiger partial charge in [0, 0.05) is 22.7 Å². The number of phenols is 1. The van der Waals surface area contributed by atoms with Crippen molar-refractivity contribution in [1.29, 1.82) is 0 Å². The Morgan fingerprint density at radius 1 is 1.14 bits per heavy atom. The SMILES string of the molecule is COc1ccccc1-c1csc(Nc2cccc(O)c2)n1. The van der Waals surface area contributed by atoms with Crippen molar-refractivity contribution in [3.8, 4) is 22.8 Å². The molecule has 0 unspecified atom stereocenters. The van der Waals surface area contributed by atoms with Crippen LogP contribution in [-0.4, -0.2) is 17.2 Å². The highest BCUT2D eigenvalue weighted by atomic mass is 32.1. The molecule has 0 bridgehead atoms. The van der Waals surface area contributed by atoms with E-state index < -0.39 is 0 Å². The van der Waals surface area contributed by atoms with Gasteiger partial charge in [0.05, 0.1) is 12.8 Å². The first-order valence-electron chi connectivity index (χ1n) is 6.41. The molecule has 5 heteroatoms. The van der Waals surface area contributed by atoms with Gasteiger partial charge in [-0.25, -0.2) is 4.98 Å². The minimum atomic E-state index is 0.224. The third kappa shape index (κ3) is 2.98. The number of nitrogens with one attached hydrogen (secondary N) is 1. The number of ether oxygens (including phenoxy) is 1. The highest BCUT2D eigenvalue weighted by Crippen LogP contribution is 2.33. The Morgan fingerprint density at radius 2 is 2.00 bits per heavy atom. The molecule has 4 nitrogen and oxygen atoms in total. The second-order valence-corrected chi connectivity index (χ2v) is 5.27. The lowest BCUT2D eigenvalue weighted by Crippen LogP contribution is -1.90. The summed E-state index contributed by atoms with van der Waals surface area (Å²) in [6.07, 6.45) is 0. The Labute approximate surface area is 126 Å². The lowest BCUT2D eigenvalue weighted by Gasteiger charge is -2.05. The van der Waals surface area contributed by atoms with Crippen LogP contribution in [-0.2, 0) is 0 Å². The number of benzene rings is 2. The topological polar surface area (TPSA) is 54.4 Å². The van der Waals surface area contributed by atoms with Crippen molar-refractivity contribution in [2.24, 2.45) is 0 Å². The summed E-state index contributed by atoms with van der Waals surface area (Å²) in [5, 5.41) is 15.4. The molecule has 0 spiro atoms. The zero-order valence-electron chi connectivity index (χ0n) is 11.4. The predicted octanol–water partition coefficient (Wildman–Crippen LogP) is 4.27. The number of nitrogens with zero attached hydrogens (tertiary/aromatic N) is 1. The molecule has 0 aliphatic carbocycles. The summed E-state index contributed by atoms with van der Waals surface area (Å²) in [5.41, 5.74) is 2.62. The zero-order chi connectivity index (χ0) is 14.7. The molecule has 1 heterocycles. The summed E-state index contributed by atoms with van der Waals surface area (Å²) < 4.78 is 5.35. The third-order valence-electron chi connectivity index (χ3n) is 2.98. The van der Waals surface area contributed by atoms with Crippen LogP contribution in [0.15, 0.2) is 53.9 Å². The van der Waals surface area contributed by atoms with E-state index >= 15 is 0 Å². The maximum atomic E-state index is 9.47. The molecule has 0 amide bonds. The van der Waals surface area contributed by atoms with E-state index in [0.717, 1.165) is 27.8 Å². The molecule has 2 aromatic carbocycles. The molecule has 0 aliphatic rings. The van der Waals surface area contributed by atoms with Crippen molar-refractivity contribution in [1.82, 2.24) is 4.98 Å². The van der Waals surface area contributed by atoms with Crippen molar-refractivity contribution in [2.45, 2.75) is 0 Å². The van der Waals surface area contributed by atoms with Crippen LogP contribution in [0.3, 0.4) is 0 Å². The number of phenolic OH excluding ortho intramolecular Hbond substituents is 1. The van der Waals surface area contributed by atoms with Crippen LogP contribution in [0, 0.1) is 0 Å². The molecule has 3 aromatic rings. The molecule has 0 radical (unpaired) electrons. The fourth-order valence-corrected chi connectivity index (χ4v) is 2.75. The number of anilines is 2. The molecule has 3 rings (SSSR count). The van der Waals surface area contributed by atoms with E-state index in [0.29, 0.717) is 0 Å². The second-order valence-electron chi connectivity index (χ2n) is 4.41. The second kappa shape index (κ2) is 5.85. The van der Waals surface area contributed by atoms with Gasteiger partial charge in [-0.3, -0.25) is 0 Å². The van der Waals surface area contributed by atoms with E-state index in [-0.39, 0.29) is 5.75 Å². The monoisotopic (exact) mass is 298 g/mol. The lowest BCUT2D eigenvalue weighted by molar-refractivity contribution is 0.416. The maximum Gasteiger partial charge on any atom is 0.187 e. The zero-order valence-corrected chi connectivity index (χ0v) is 12.2. The molecule has 2 N–H and O–H groups in total. The van der Waals surface area contributed by atoms with Gasteiger partial charge in [0.15, 0.2) is 5.13 Å². The Bertz CT molecular complexity index is 755. The quantitative estimate of drug-likeness (QED) is 0.755. The van der Waals surface area contributed by atoms with Crippen LogP contribution >= 0.6 is 11.3 Å². The minimum absolute atomic E-state index is 0.224. The van der Waals surface area contributed by atoms with Gasteiger partial charge in [0.25, 0.3) is 0 Å². The Balaban J connectivity index is 1.86. The normalized spacial score (nSPS) is 10.3. The smallest absolute Gasteiger partial charge is 0.187 e. The average Bonchev–Trinajstić information content (AvgIpc) is 2.95. The summed E-state index contributed by atoms with van der Waals surface area (Å²) >= 11 is 1.50. The van der Waals surface area contributed by atoms with Crippen LogP contribution in [0.2, 0.25) is 0 Å². The molecule has 0 atom stereocenters. The first-order valence-corrected chi connectivity index (χ1v) is 7.29. The molecule has 0 aliphatic heterocycles. The highest BCUT2D eigenvalue weighted by Gasteiger charge is 2.09. The van der Waals surface area contributed by atoms with Gasteiger partial charge in [-0.05, 0) is 24.3 Å². The molecule has 21 heavy (non-hydrogen) atoms. The molecule has 0 saturated heterocycles. The van der Waals surface area contributed by atoms with Gasteiger partial charge >= 0.3 is 0 Å². The number of aromatic nitrogens is 1. The third-order valence-corrected chi connectivity index (χ3v) is 3.74. The van der Waals surface area contributed by atoms with Crippen LogP contribution in [0.25, 0.3) is 11.3 Å².